The first-order valence-electron chi connectivity index (χ1n) is 8.36. The maximum absolute atomic E-state index is 10.9. The number of ether oxygens (including phenoxy) is 1. The first kappa shape index (κ1) is 18.4. The summed E-state index contributed by atoms with van der Waals surface area (Å²) >= 11 is 0. The van der Waals surface area contributed by atoms with Crippen LogP contribution in [0.3, 0.4) is 0 Å². The summed E-state index contributed by atoms with van der Waals surface area (Å²) in [5, 5.41) is 4.58. The third kappa shape index (κ3) is 5.94. The van der Waals surface area contributed by atoms with Crippen LogP contribution in [-0.4, -0.2) is 20.4 Å². The lowest BCUT2D eigenvalue weighted by molar-refractivity contribution is -0.116. The van der Waals surface area contributed by atoms with Gasteiger partial charge in [0, 0.05) is 6.54 Å². The number of nitrogens with one attached hydrogen (secondary N) is 1. The Labute approximate surface area is 146 Å². The quantitative estimate of drug-likeness (QED) is 0.747. The lowest BCUT2D eigenvalue weighted by Crippen LogP contribution is -2.37. The van der Waals surface area contributed by atoms with E-state index in [0.29, 0.717) is 19.7 Å². The van der Waals surface area contributed by atoms with Crippen molar-refractivity contribution >= 4 is 19.0 Å². The number of Topliss-reactive ketones (excluding diaryl/α,β-unsaturated/α-hetero) is 1. The molecule has 0 bridgehead atoms. The fourth-order valence-electron chi connectivity index (χ4n) is 2.35. The van der Waals surface area contributed by atoms with Crippen molar-refractivity contribution in [3.8, 4) is 5.75 Å². The Bertz CT molecular complexity index is 658. The summed E-state index contributed by atoms with van der Waals surface area (Å²) in [5.41, 5.74) is 2.33. The maximum Gasteiger partial charge on any atom is 0.143 e. The lowest BCUT2D eigenvalue weighted by Gasteiger charge is -2.16. The Kier molecular flexibility index (Phi) is 6.34. The van der Waals surface area contributed by atoms with Crippen molar-refractivity contribution in [2.75, 3.05) is 6.54 Å². The van der Waals surface area contributed by atoms with Gasteiger partial charge in [-0.15, -0.1) is 0 Å². The summed E-state index contributed by atoms with van der Waals surface area (Å²) in [6.07, 6.45) is 0. The normalized spacial score (nSPS) is 11.3. The van der Waals surface area contributed by atoms with Gasteiger partial charge in [-0.25, -0.2) is 0 Å². The Balaban J connectivity index is 1.84. The highest BCUT2D eigenvalue weighted by Gasteiger charge is 2.15. The molecule has 2 rings (SSSR count). The lowest BCUT2D eigenvalue weighted by atomic mass is 10.2. The van der Waals surface area contributed by atoms with Crippen molar-refractivity contribution in [1.29, 1.82) is 0 Å². The second-order valence-corrected chi connectivity index (χ2v) is 12.3. The smallest absolute Gasteiger partial charge is 0.143 e. The molecule has 0 radical (unpaired) electrons. The molecular formula is C20H27NO2Si. The Morgan fingerprint density at radius 1 is 0.958 bits per heavy atom. The van der Waals surface area contributed by atoms with Crippen molar-refractivity contribution < 1.29 is 9.53 Å². The van der Waals surface area contributed by atoms with Gasteiger partial charge in [-0.1, -0.05) is 61.2 Å². The van der Waals surface area contributed by atoms with Crippen molar-refractivity contribution in [2.45, 2.75) is 39.7 Å². The predicted octanol–water partition coefficient (Wildman–Crippen LogP) is 3.49. The molecule has 2 aromatic rings. The molecule has 4 heteroatoms. The minimum atomic E-state index is -1.24. The average molecular weight is 342 g/mol. The summed E-state index contributed by atoms with van der Waals surface area (Å²) < 4.78 is 5.85. The molecule has 0 aliphatic rings. The topological polar surface area (TPSA) is 38.3 Å². The van der Waals surface area contributed by atoms with Crippen LogP contribution in [0.2, 0.25) is 19.6 Å². The number of ketones is 1. The third-order valence-corrected chi connectivity index (χ3v) is 5.92. The van der Waals surface area contributed by atoms with Gasteiger partial charge in [-0.3, -0.25) is 4.79 Å². The molecule has 0 saturated heterocycles. The maximum atomic E-state index is 10.9. The van der Waals surface area contributed by atoms with E-state index < -0.39 is 8.07 Å². The first-order valence-corrected chi connectivity index (χ1v) is 11.9. The van der Waals surface area contributed by atoms with Crippen molar-refractivity contribution in [1.82, 2.24) is 5.32 Å². The van der Waals surface area contributed by atoms with Crippen LogP contribution >= 0.6 is 0 Å². The molecule has 24 heavy (non-hydrogen) atoms. The highest BCUT2D eigenvalue weighted by atomic mass is 28.3. The number of hydrogen-bond acceptors (Lipinski definition) is 3. The molecule has 0 atom stereocenters. The van der Waals surface area contributed by atoms with Crippen molar-refractivity contribution in [3.63, 3.8) is 0 Å². The molecule has 0 fully saturated rings. The molecule has 1 N–H and O–H groups in total. The van der Waals surface area contributed by atoms with Crippen LogP contribution in [0.25, 0.3) is 0 Å². The molecule has 0 aromatic heterocycles. The second-order valence-electron chi connectivity index (χ2n) is 7.19. The highest BCUT2D eigenvalue weighted by molar-refractivity contribution is 6.88. The van der Waals surface area contributed by atoms with Crippen LogP contribution in [0, 0.1) is 0 Å². The van der Waals surface area contributed by atoms with E-state index >= 15 is 0 Å². The van der Waals surface area contributed by atoms with Crippen LogP contribution < -0.4 is 15.2 Å². The van der Waals surface area contributed by atoms with Gasteiger partial charge < -0.3 is 10.1 Å². The zero-order valence-electron chi connectivity index (χ0n) is 15.1. The van der Waals surface area contributed by atoms with Crippen LogP contribution in [0.1, 0.15) is 18.1 Å². The van der Waals surface area contributed by atoms with Gasteiger partial charge in [0.2, 0.25) is 0 Å². The second kappa shape index (κ2) is 8.26. The molecule has 0 aliphatic carbocycles. The molecule has 0 aliphatic heterocycles. The summed E-state index contributed by atoms with van der Waals surface area (Å²) in [6, 6.07) is 16.8. The minimum absolute atomic E-state index is 0.148. The van der Waals surface area contributed by atoms with Gasteiger partial charge in [0.25, 0.3) is 0 Å². The average Bonchev–Trinajstić information content (AvgIpc) is 2.53. The largest absolute Gasteiger partial charge is 0.489 e. The van der Waals surface area contributed by atoms with Gasteiger partial charge in [0.1, 0.15) is 18.1 Å². The Morgan fingerprint density at radius 3 is 2.08 bits per heavy atom. The van der Waals surface area contributed by atoms with Gasteiger partial charge in [0.05, 0.1) is 14.6 Å². The number of benzene rings is 2. The van der Waals surface area contributed by atoms with Gasteiger partial charge in [-0.05, 0) is 30.2 Å². The highest BCUT2D eigenvalue weighted by Crippen LogP contribution is 2.14. The van der Waals surface area contributed by atoms with E-state index in [-0.39, 0.29) is 5.78 Å². The third-order valence-electron chi connectivity index (χ3n) is 3.85. The van der Waals surface area contributed by atoms with Crippen molar-refractivity contribution in [2.24, 2.45) is 0 Å². The number of carbonyl (C=O) groups excluding carboxylic acids is 1. The zero-order chi connectivity index (χ0) is 17.6. The SMILES string of the molecule is CC(=O)CNCc1ccc(OCc2ccc([Si](C)(C)C)cc2)cc1. The molecule has 3 nitrogen and oxygen atoms in total. The number of carbonyl (C=O) groups is 1. The van der Waals surface area contributed by atoms with Gasteiger partial charge >= 0.3 is 0 Å². The van der Waals surface area contributed by atoms with E-state index in [0.717, 1.165) is 11.3 Å². The standard InChI is InChI=1S/C20H27NO2Si/c1-16(22)13-21-14-17-5-9-19(10-6-17)23-15-18-7-11-20(12-8-18)24(2,3)4/h5-12,21H,13-15H2,1-4H3. The molecular weight excluding hydrogens is 314 g/mol. The van der Waals surface area contributed by atoms with E-state index in [4.69, 9.17) is 4.74 Å². The molecule has 128 valence electrons. The van der Waals surface area contributed by atoms with Crippen LogP contribution in [0.4, 0.5) is 0 Å². The summed E-state index contributed by atoms with van der Waals surface area (Å²) in [5.74, 6) is 1.01. The van der Waals surface area contributed by atoms with Gasteiger partial charge in [0.15, 0.2) is 0 Å². The minimum Gasteiger partial charge on any atom is -0.489 e. The molecule has 0 unspecified atom stereocenters. The molecule has 0 spiro atoms. The Hall–Kier alpha value is -1.91. The fraction of sp³-hybridized carbons (Fsp3) is 0.350. The molecule has 0 heterocycles. The predicted molar refractivity (Wildman–Crippen MR) is 103 cm³/mol. The van der Waals surface area contributed by atoms with E-state index in [1.807, 2.05) is 24.3 Å². The molecule has 0 amide bonds. The van der Waals surface area contributed by atoms with E-state index in [1.165, 1.54) is 10.8 Å². The molecule has 2 aromatic carbocycles. The molecule has 0 saturated carbocycles. The van der Waals surface area contributed by atoms with Crippen LogP contribution in [0.5, 0.6) is 5.75 Å². The summed E-state index contributed by atoms with van der Waals surface area (Å²) in [6.45, 7) is 10.3. The number of hydrogen-bond donors (Lipinski definition) is 1. The van der Waals surface area contributed by atoms with Crippen molar-refractivity contribution in [3.05, 3.63) is 59.7 Å². The van der Waals surface area contributed by atoms with E-state index in [1.54, 1.807) is 6.92 Å². The van der Waals surface area contributed by atoms with E-state index in [2.05, 4.69) is 49.2 Å². The zero-order valence-corrected chi connectivity index (χ0v) is 16.1. The fourth-order valence-corrected chi connectivity index (χ4v) is 3.52. The summed E-state index contributed by atoms with van der Waals surface area (Å²) in [7, 11) is -1.24. The van der Waals surface area contributed by atoms with E-state index in [9.17, 15) is 4.79 Å². The van der Waals surface area contributed by atoms with Gasteiger partial charge in [-0.2, -0.15) is 0 Å². The Morgan fingerprint density at radius 2 is 1.54 bits per heavy atom. The first-order chi connectivity index (χ1) is 11.3. The monoisotopic (exact) mass is 341 g/mol. The van der Waals surface area contributed by atoms with Crippen LogP contribution in [0.15, 0.2) is 48.5 Å². The summed E-state index contributed by atoms with van der Waals surface area (Å²) in [4.78, 5) is 10.9. The number of rotatable bonds is 8. The van der Waals surface area contributed by atoms with Crippen LogP contribution in [-0.2, 0) is 17.9 Å².